The Morgan fingerprint density at radius 3 is 3.14 bits per heavy atom. The first-order chi connectivity index (χ1) is 10.3. The molecule has 1 fully saturated rings. The second-order valence-electron chi connectivity index (χ2n) is 5.17. The number of anilines is 1. The van der Waals surface area contributed by atoms with E-state index in [0.717, 1.165) is 31.6 Å². The van der Waals surface area contributed by atoms with Gasteiger partial charge in [-0.15, -0.1) is 0 Å². The van der Waals surface area contributed by atoms with Crippen LogP contribution in [0.3, 0.4) is 0 Å². The van der Waals surface area contributed by atoms with Gasteiger partial charge in [-0.25, -0.2) is 4.98 Å². The minimum atomic E-state index is -0.00603. The maximum absolute atomic E-state index is 12.1. The zero-order chi connectivity index (χ0) is 14.5. The third-order valence-electron chi connectivity index (χ3n) is 3.66. The maximum atomic E-state index is 12.1. The largest absolute Gasteiger partial charge is 0.324 e. The van der Waals surface area contributed by atoms with Crippen molar-refractivity contribution >= 4 is 11.6 Å². The van der Waals surface area contributed by atoms with E-state index in [9.17, 15) is 4.79 Å². The predicted octanol–water partition coefficient (Wildman–Crippen LogP) is 0.776. The van der Waals surface area contributed by atoms with Gasteiger partial charge >= 0.3 is 0 Å². The summed E-state index contributed by atoms with van der Waals surface area (Å²) in [5.74, 6) is -0.00603. The number of likely N-dealkylation sites (tertiary alicyclic amines) is 1. The summed E-state index contributed by atoms with van der Waals surface area (Å²) in [6.45, 7) is 2.12. The highest BCUT2D eigenvalue weighted by Crippen LogP contribution is 2.18. The number of aromatic nitrogens is 4. The maximum Gasteiger partial charge on any atom is 0.238 e. The average Bonchev–Trinajstić information content (AvgIpc) is 3.13. The molecule has 21 heavy (non-hydrogen) atoms. The number of nitrogens with one attached hydrogen (secondary N) is 1. The molecular formula is C14H18N6O. The van der Waals surface area contributed by atoms with E-state index in [0.29, 0.717) is 12.6 Å². The Morgan fingerprint density at radius 2 is 2.38 bits per heavy atom. The van der Waals surface area contributed by atoms with Gasteiger partial charge in [-0.05, 0) is 31.5 Å². The molecule has 2 aromatic heterocycles. The molecule has 0 spiro atoms. The fraction of sp³-hybridized carbons (Fsp3) is 0.429. The monoisotopic (exact) mass is 286 g/mol. The van der Waals surface area contributed by atoms with Gasteiger partial charge in [-0.3, -0.25) is 19.4 Å². The Kier molecular flexibility index (Phi) is 4.20. The van der Waals surface area contributed by atoms with Gasteiger partial charge in [0.25, 0.3) is 0 Å². The van der Waals surface area contributed by atoms with Crippen molar-refractivity contribution in [3.05, 3.63) is 37.2 Å². The molecule has 1 saturated heterocycles. The Labute approximate surface area is 123 Å². The van der Waals surface area contributed by atoms with Crippen LogP contribution in [-0.4, -0.2) is 49.7 Å². The minimum absolute atomic E-state index is 0.00603. The van der Waals surface area contributed by atoms with Gasteiger partial charge in [0.15, 0.2) is 0 Å². The van der Waals surface area contributed by atoms with Crippen LogP contribution in [0.25, 0.3) is 0 Å². The van der Waals surface area contributed by atoms with Crippen molar-refractivity contribution in [2.24, 2.45) is 0 Å². The molecule has 1 aliphatic rings. The van der Waals surface area contributed by atoms with Crippen LogP contribution >= 0.6 is 0 Å². The summed E-state index contributed by atoms with van der Waals surface area (Å²) in [4.78, 5) is 22.2. The Balaban J connectivity index is 1.54. The van der Waals surface area contributed by atoms with Crippen molar-refractivity contribution in [3.8, 4) is 0 Å². The van der Waals surface area contributed by atoms with E-state index in [-0.39, 0.29) is 5.91 Å². The van der Waals surface area contributed by atoms with Gasteiger partial charge in [-0.1, -0.05) is 0 Å². The van der Waals surface area contributed by atoms with Crippen LogP contribution in [-0.2, 0) is 11.3 Å². The first-order valence-corrected chi connectivity index (χ1v) is 7.07. The van der Waals surface area contributed by atoms with Crippen molar-refractivity contribution in [1.82, 2.24) is 24.6 Å². The second kappa shape index (κ2) is 6.45. The Morgan fingerprint density at radius 1 is 1.43 bits per heavy atom. The van der Waals surface area contributed by atoms with E-state index < -0.39 is 0 Å². The molecule has 7 heteroatoms. The topological polar surface area (TPSA) is 75.9 Å². The molecule has 0 radical (unpaired) electrons. The van der Waals surface area contributed by atoms with E-state index in [1.807, 2.05) is 10.7 Å². The van der Waals surface area contributed by atoms with Crippen molar-refractivity contribution in [2.75, 3.05) is 18.4 Å². The van der Waals surface area contributed by atoms with Crippen LogP contribution in [0.4, 0.5) is 5.69 Å². The van der Waals surface area contributed by atoms with Crippen LogP contribution in [0.2, 0.25) is 0 Å². The molecule has 110 valence electrons. The molecule has 3 heterocycles. The number of hydrogen-bond acceptors (Lipinski definition) is 5. The zero-order valence-electron chi connectivity index (χ0n) is 11.7. The van der Waals surface area contributed by atoms with Gasteiger partial charge in [0.1, 0.15) is 12.7 Å². The van der Waals surface area contributed by atoms with E-state index in [1.165, 1.54) is 6.33 Å². The number of nitrogens with zero attached hydrogens (tertiary/aromatic N) is 5. The summed E-state index contributed by atoms with van der Waals surface area (Å²) in [5.41, 5.74) is 0.731. The summed E-state index contributed by atoms with van der Waals surface area (Å²) in [5, 5.41) is 7.00. The van der Waals surface area contributed by atoms with Gasteiger partial charge in [0, 0.05) is 12.2 Å². The molecule has 1 aliphatic heterocycles. The molecule has 1 N–H and O–H groups in total. The molecule has 7 nitrogen and oxygen atoms in total. The standard InChI is InChI=1S/C14H18N6O/c21-14(18-12-3-1-5-15-7-12)9-19-6-2-4-13(19)8-20-11-16-10-17-20/h1,3,5,7,10-11,13H,2,4,6,8-9H2,(H,18,21)/t13-/m1/s1. The van der Waals surface area contributed by atoms with Gasteiger partial charge in [0.05, 0.1) is 25.0 Å². The van der Waals surface area contributed by atoms with Gasteiger partial charge < -0.3 is 5.32 Å². The van der Waals surface area contributed by atoms with Crippen LogP contribution in [0, 0.1) is 0 Å². The van der Waals surface area contributed by atoms with E-state index in [4.69, 9.17) is 0 Å². The highest BCUT2D eigenvalue weighted by molar-refractivity contribution is 5.92. The van der Waals surface area contributed by atoms with Gasteiger partial charge in [-0.2, -0.15) is 5.10 Å². The molecular weight excluding hydrogens is 268 g/mol. The average molecular weight is 286 g/mol. The summed E-state index contributed by atoms with van der Waals surface area (Å²) in [6.07, 6.45) is 8.78. The lowest BCUT2D eigenvalue weighted by molar-refractivity contribution is -0.117. The molecule has 0 saturated carbocycles. The quantitative estimate of drug-likeness (QED) is 0.879. The van der Waals surface area contributed by atoms with E-state index in [2.05, 4.69) is 25.3 Å². The van der Waals surface area contributed by atoms with E-state index in [1.54, 1.807) is 24.8 Å². The van der Waals surface area contributed by atoms with Crippen LogP contribution in [0.5, 0.6) is 0 Å². The SMILES string of the molecule is O=C(CN1CCC[C@@H]1Cn1cncn1)Nc1cccnc1. The highest BCUT2D eigenvalue weighted by Gasteiger charge is 2.26. The number of carbonyl (C=O) groups excluding carboxylic acids is 1. The fourth-order valence-electron chi connectivity index (χ4n) is 2.67. The Bertz CT molecular complexity index is 570. The van der Waals surface area contributed by atoms with Crippen molar-refractivity contribution in [1.29, 1.82) is 0 Å². The molecule has 0 aromatic carbocycles. The summed E-state index contributed by atoms with van der Waals surface area (Å²) < 4.78 is 1.82. The van der Waals surface area contributed by atoms with Crippen molar-refractivity contribution in [3.63, 3.8) is 0 Å². The number of carbonyl (C=O) groups is 1. The minimum Gasteiger partial charge on any atom is -0.324 e. The zero-order valence-corrected chi connectivity index (χ0v) is 11.7. The lowest BCUT2D eigenvalue weighted by Crippen LogP contribution is -2.39. The summed E-state index contributed by atoms with van der Waals surface area (Å²) in [6, 6.07) is 3.98. The van der Waals surface area contributed by atoms with E-state index >= 15 is 0 Å². The number of hydrogen-bond donors (Lipinski definition) is 1. The fourth-order valence-corrected chi connectivity index (χ4v) is 2.67. The van der Waals surface area contributed by atoms with Gasteiger partial charge in [0.2, 0.25) is 5.91 Å². The smallest absolute Gasteiger partial charge is 0.238 e. The van der Waals surface area contributed by atoms with Crippen LogP contribution in [0.1, 0.15) is 12.8 Å². The highest BCUT2D eigenvalue weighted by atomic mass is 16.2. The third-order valence-corrected chi connectivity index (χ3v) is 3.66. The van der Waals surface area contributed by atoms with Crippen molar-refractivity contribution < 1.29 is 4.79 Å². The van der Waals surface area contributed by atoms with Crippen LogP contribution < -0.4 is 5.32 Å². The third kappa shape index (κ3) is 3.63. The summed E-state index contributed by atoms with van der Waals surface area (Å²) in [7, 11) is 0. The normalized spacial score (nSPS) is 18.8. The molecule has 0 unspecified atom stereocenters. The molecule has 0 aliphatic carbocycles. The lowest BCUT2D eigenvalue weighted by Gasteiger charge is -2.23. The number of pyridine rings is 1. The molecule has 1 atom stereocenters. The summed E-state index contributed by atoms with van der Waals surface area (Å²) >= 11 is 0. The molecule has 3 rings (SSSR count). The molecule has 2 aromatic rings. The first-order valence-electron chi connectivity index (χ1n) is 7.07. The first kappa shape index (κ1) is 13.7. The van der Waals surface area contributed by atoms with Crippen molar-refractivity contribution in [2.45, 2.75) is 25.4 Å². The lowest BCUT2D eigenvalue weighted by atomic mass is 10.2. The predicted molar refractivity (Wildman–Crippen MR) is 77.5 cm³/mol. The molecule has 1 amide bonds. The van der Waals surface area contributed by atoms with Crippen LogP contribution in [0.15, 0.2) is 37.2 Å². The number of amides is 1. The molecule has 0 bridgehead atoms. The Hall–Kier alpha value is -2.28. The number of rotatable bonds is 5. The second-order valence-corrected chi connectivity index (χ2v) is 5.17.